The molecule has 2 saturated heterocycles. The van der Waals surface area contributed by atoms with Crippen molar-refractivity contribution in [1.29, 1.82) is 0 Å². The van der Waals surface area contributed by atoms with Crippen molar-refractivity contribution in [2.75, 3.05) is 52.4 Å². The molecular formula is C21H32ClF3N4O5S2. The Hall–Kier alpha value is -1.45. The molecule has 0 aromatic carbocycles. The fourth-order valence-corrected chi connectivity index (χ4v) is 7.01. The van der Waals surface area contributed by atoms with Crippen molar-refractivity contribution in [2.24, 2.45) is 0 Å². The molecule has 1 aromatic rings. The van der Waals surface area contributed by atoms with Crippen LogP contribution >= 0.6 is 22.9 Å². The third-order valence-corrected chi connectivity index (χ3v) is 9.60. The molecule has 0 saturated carbocycles. The molecule has 0 radical (unpaired) electrons. The van der Waals surface area contributed by atoms with Crippen molar-refractivity contribution in [1.82, 2.24) is 19.4 Å². The standard InChI is InChI=1S/C19H31ClN4O3S2.C2HF3O2/c1-16-4-2-3-10-22(16)14-15-24(29(26,27)19-6-5-17(20)28-19)11-7-18(25)23-12-8-21-9-13-23;3-2(4,5)1(6)7/h5-6,16,21H,2-4,7-15H2,1H3;(H,6,7). The number of piperidine rings is 1. The number of nitrogens with zero attached hydrogens (tertiary/aromatic N) is 3. The largest absolute Gasteiger partial charge is 0.490 e. The van der Waals surface area contributed by atoms with Crippen molar-refractivity contribution in [2.45, 2.75) is 49.0 Å². The van der Waals surface area contributed by atoms with Crippen molar-refractivity contribution >= 4 is 44.8 Å². The normalized spacial score (nSPS) is 19.6. The second kappa shape index (κ2) is 13.9. The maximum atomic E-state index is 13.2. The highest BCUT2D eigenvalue weighted by Gasteiger charge is 2.38. The Bertz CT molecular complexity index is 971. The van der Waals surface area contributed by atoms with Gasteiger partial charge in [0.05, 0.1) is 4.34 Å². The van der Waals surface area contributed by atoms with Crippen LogP contribution in [0, 0.1) is 0 Å². The lowest BCUT2D eigenvalue weighted by molar-refractivity contribution is -0.192. The number of nitrogens with one attached hydrogen (secondary N) is 1. The summed E-state index contributed by atoms with van der Waals surface area (Å²) in [5.41, 5.74) is 0. The van der Waals surface area contributed by atoms with Gasteiger partial charge in [-0.3, -0.25) is 9.69 Å². The molecule has 2 N–H and O–H groups in total. The smallest absolute Gasteiger partial charge is 0.475 e. The van der Waals surface area contributed by atoms with Crippen molar-refractivity contribution < 1.29 is 36.3 Å². The second-order valence-electron chi connectivity index (χ2n) is 8.53. The van der Waals surface area contributed by atoms with Crippen LogP contribution in [0.15, 0.2) is 16.3 Å². The molecule has 0 spiro atoms. The van der Waals surface area contributed by atoms with E-state index in [2.05, 4.69) is 17.1 Å². The molecule has 1 aromatic heterocycles. The van der Waals surface area contributed by atoms with Crippen LogP contribution in [0.3, 0.4) is 0 Å². The van der Waals surface area contributed by atoms with Gasteiger partial charge < -0.3 is 15.3 Å². The predicted octanol–water partition coefficient (Wildman–Crippen LogP) is 2.72. The molecule has 9 nitrogen and oxygen atoms in total. The highest BCUT2D eigenvalue weighted by molar-refractivity contribution is 7.91. The maximum absolute atomic E-state index is 13.2. The van der Waals surface area contributed by atoms with Gasteiger partial charge in [-0.05, 0) is 38.4 Å². The van der Waals surface area contributed by atoms with Gasteiger partial charge in [0.15, 0.2) is 0 Å². The number of hydrogen-bond donors (Lipinski definition) is 2. The van der Waals surface area contributed by atoms with Crippen LogP contribution in [-0.4, -0.2) is 104 Å². The van der Waals surface area contributed by atoms with Crippen LogP contribution < -0.4 is 5.32 Å². The first-order valence-electron chi connectivity index (χ1n) is 11.6. The number of hydrogen-bond acceptors (Lipinski definition) is 7. The van der Waals surface area contributed by atoms with E-state index in [9.17, 15) is 26.4 Å². The average molecular weight is 577 g/mol. The summed E-state index contributed by atoms with van der Waals surface area (Å²) in [5.74, 6) is -2.74. The number of thiophene rings is 1. The van der Waals surface area contributed by atoms with Crippen LogP contribution in [0.1, 0.15) is 32.6 Å². The molecule has 2 fully saturated rings. The monoisotopic (exact) mass is 576 g/mol. The Morgan fingerprint density at radius 3 is 2.36 bits per heavy atom. The Labute approximate surface area is 218 Å². The Morgan fingerprint density at radius 1 is 1.19 bits per heavy atom. The molecule has 3 heterocycles. The highest BCUT2D eigenvalue weighted by atomic mass is 35.5. The molecule has 1 atom stereocenters. The van der Waals surface area contributed by atoms with Gasteiger partial charge in [-0.25, -0.2) is 13.2 Å². The lowest BCUT2D eigenvalue weighted by Gasteiger charge is -2.35. The first kappa shape index (κ1) is 30.8. The number of alkyl halides is 3. The second-order valence-corrected chi connectivity index (χ2v) is 12.4. The summed E-state index contributed by atoms with van der Waals surface area (Å²) in [6.45, 7) is 7.39. The summed E-state index contributed by atoms with van der Waals surface area (Å²) in [6, 6.07) is 3.62. The third kappa shape index (κ3) is 9.45. The molecule has 206 valence electrons. The van der Waals surface area contributed by atoms with Crippen LogP contribution in [0.2, 0.25) is 4.34 Å². The fraction of sp³-hybridized carbons (Fsp3) is 0.714. The van der Waals surface area contributed by atoms with E-state index in [4.69, 9.17) is 21.5 Å². The molecular weight excluding hydrogens is 545 g/mol. The lowest BCUT2D eigenvalue weighted by atomic mass is 10.0. The van der Waals surface area contributed by atoms with Crippen molar-refractivity contribution in [3.63, 3.8) is 0 Å². The van der Waals surface area contributed by atoms with Crippen molar-refractivity contribution in [3.05, 3.63) is 16.5 Å². The lowest BCUT2D eigenvalue weighted by Crippen LogP contribution is -2.48. The highest BCUT2D eigenvalue weighted by Crippen LogP contribution is 2.28. The number of rotatable bonds is 8. The summed E-state index contributed by atoms with van der Waals surface area (Å²) >= 11 is 7.04. The minimum Gasteiger partial charge on any atom is -0.475 e. The number of carboxylic acid groups (broad SMARTS) is 1. The molecule has 3 rings (SSSR count). The Balaban J connectivity index is 0.000000572. The number of aliphatic carboxylic acids is 1. The topological polar surface area (TPSA) is 110 Å². The van der Waals surface area contributed by atoms with Gasteiger partial charge in [-0.15, -0.1) is 11.3 Å². The van der Waals surface area contributed by atoms with Crippen LogP contribution in [-0.2, 0) is 19.6 Å². The Morgan fingerprint density at radius 2 is 1.83 bits per heavy atom. The van der Waals surface area contributed by atoms with Gasteiger partial charge in [-0.2, -0.15) is 17.5 Å². The number of carbonyl (C=O) groups is 2. The van der Waals surface area contributed by atoms with Gasteiger partial charge in [0, 0.05) is 58.3 Å². The number of piperazine rings is 1. The molecule has 15 heteroatoms. The first-order valence-corrected chi connectivity index (χ1v) is 14.2. The molecule has 1 unspecified atom stereocenters. The SMILES string of the molecule is CC1CCCCN1CCN(CCC(=O)N1CCNCC1)S(=O)(=O)c1ccc(Cl)s1.O=C(O)C(F)(F)F. The van der Waals surface area contributed by atoms with E-state index >= 15 is 0 Å². The van der Waals surface area contributed by atoms with E-state index in [1.807, 2.05) is 4.90 Å². The van der Waals surface area contributed by atoms with Crippen LogP contribution in [0.25, 0.3) is 0 Å². The average Bonchev–Trinajstić information content (AvgIpc) is 3.27. The van der Waals surface area contributed by atoms with Gasteiger partial charge in [0.1, 0.15) is 4.21 Å². The molecule has 2 aliphatic heterocycles. The van der Waals surface area contributed by atoms with Gasteiger partial charge in [0.25, 0.3) is 10.0 Å². The molecule has 36 heavy (non-hydrogen) atoms. The number of likely N-dealkylation sites (tertiary alicyclic amines) is 1. The van der Waals surface area contributed by atoms with Gasteiger partial charge in [0.2, 0.25) is 5.91 Å². The number of sulfonamides is 1. The fourth-order valence-electron chi connectivity index (χ4n) is 3.94. The predicted molar refractivity (Wildman–Crippen MR) is 131 cm³/mol. The van der Waals surface area contributed by atoms with Gasteiger partial charge >= 0.3 is 12.1 Å². The summed E-state index contributed by atoms with van der Waals surface area (Å²) in [6.07, 6.45) is -1.35. The number of halogens is 4. The number of carboxylic acids is 1. The van der Waals surface area contributed by atoms with E-state index in [1.165, 1.54) is 10.7 Å². The minimum absolute atomic E-state index is 0.0160. The summed E-state index contributed by atoms with van der Waals surface area (Å²) in [4.78, 5) is 25.6. The first-order chi connectivity index (χ1) is 16.8. The van der Waals surface area contributed by atoms with Gasteiger partial charge in [-0.1, -0.05) is 18.0 Å². The summed E-state index contributed by atoms with van der Waals surface area (Å²) in [7, 11) is -3.67. The maximum Gasteiger partial charge on any atom is 0.490 e. The number of amides is 1. The summed E-state index contributed by atoms with van der Waals surface area (Å²) < 4.78 is 60.3. The van der Waals surface area contributed by atoms with E-state index < -0.39 is 22.2 Å². The van der Waals surface area contributed by atoms with Crippen LogP contribution in [0.4, 0.5) is 13.2 Å². The van der Waals surface area contributed by atoms with E-state index in [0.29, 0.717) is 36.6 Å². The Kier molecular flexibility index (Phi) is 11.9. The zero-order chi connectivity index (χ0) is 26.9. The van der Waals surface area contributed by atoms with E-state index in [-0.39, 0.29) is 23.1 Å². The third-order valence-electron chi connectivity index (χ3n) is 6.01. The van der Waals surface area contributed by atoms with E-state index in [0.717, 1.165) is 43.8 Å². The van der Waals surface area contributed by atoms with Crippen LogP contribution in [0.5, 0.6) is 0 Å². The minimum atomic E-state index is -5.08. The molecule has 0 aliphatic carbocycles. The van der Waals surface area contributed by atoms with Crippen molar-refractivity contribution in [3.8, 4) is 0 Å². The molecule has 0 bridgehead atoms. The van der Waals surface area contributed by atoms with E-state index in [1.54, 1.807) is 12.1 Å². The summed E-state index contributed by atoms with van der Waals surface area (Å²) in [5, 5.41) is 10.4. The molecule has 2 aliphatic rings. The zero-order valence-electron chi connectivity index (χ0n) is 20.0. The quantitative estimate of drug-likeness (QED) is 0.490. The molecule has 1 amide bonds. The zero-order valence-corrected chi connectivity index (χ0v) is 22.4. The number of carbonyl (C=O) groups excluding carboxylic acids is 1.